The normalized spacial score (nSPS) is 26.4. The van der Waals surface area contributed by atoms with Crippen LogP contribution in [0.3, 0.4) is 0 Å². The standard InChI is InChI=1S/C11H15NO2S/c13-11(14)10-1-4-12(5-2-10)7-9-3-6-15-8-9/h3,6,8,10H,1-2,4-5,7H2,(H,13,14). The second-order valence-corrected chi connectivity index (χ2v) is 4.93. The third-order valence-corrected chi connectivity index (χ3v) is 3.79. The molecule has 4 heteroatoms. The summed E-state index contributed by atoms with van der Waals surface area (Å²) in [5.74, 6) is -1.08. The van der Waals surface area contributed by atoms with Crippen LogP contribution in [0.15, 0.2) is 16.8 Å². The van der Waals surface area contributed by atoms with Crippen molar-refractivity contribution in [1.82, 2.24) is 0 Å². The summed E-state index contributed by atoms with van der Waals surface area (Å²) in [7, 11) is 0. The first-order valence-electron chi connectivity index (χ1n) is 5.31. The van der Waals surface area contributed by atoms with Gasteiger partial charge in [-0.3, -0.25) is 0 Å². The highest BCUT2D eigenvalue weighted by Crippen LogP contribution is 2.09. The zero-order valence-electron chi connectivity index (χ0n) is 8.57. The van der Waals surface area contributed by atoms with Gasteiger partial charge in [0.15, 0.2) is 0 Å². The maximum absolute atomic E-state index is 10.7. The van der Waals surface area contributed by atoms with Crippen LogP contribution in [0, 0.1) is 5.92 Å². The van der Waals surface area contributed by atoms with Crippen molar-refractivity contribution in [3.63, 3.8) is 0 Å². The van der Waals surface area contributed by atoms with Gasteiger partial charge in [-0.25, -0.2) is 0 Å². The Balaban J connectivity index is 1.81. The number of aliphatic carboxylic acids is 1. The van der Waals surface area contributed by atoms with Crippen molar-refractivity contribution >= 4 is 17.3 Å². The van der Waals surface area contributed by atoms with E-state index in [4.69, 9.17) is 0 Å². The molecule has 1 aliphatic rings. The van der Waals surface area contributed by atoms with E-state index < -0.39 is 5.97 Å². The molecule has 0 radical (unpaired) electrons. The maximum atomic E-state index is 10.7. The molecule has 2 heterocycles. The first kappa shape index (κ1) is 10.6. The Morgan fingerprint density at radius 3 is 2.80 bits per heavy atom. The third-order valence-electron chi connectivity index (χ3n) is 3.06. The number of carboxylic acids is 1. The lowest BCUT2D eigenvalue weighted by Gasteiger charge is -2.29. The molecule has 0 aromatic carbocycles. The second-order valence-electron chi connectivity index (χ2n) is 4.15. The van der Waals surface area contributed by atoms with E-state index >= 15 is 0 Å². The lowest BCUT2D eigenvalue weighted by Crippen LogP contribution is -3.11. The number of likely N-dealkylation sites (tertiary alicyclic amines) is 1. The third kappa shape index (κ3) is 2.79. The molecule has 3 nitrogen and oxygen atoms in total. The summed E-state index contributed by atoms with van der Waals surface area (Å²) >= 11 is 1.72. The summed E-state index contributed by atoms with van der Waals surface area (Å²) in [6.45, 7) is 2.94. The van der Waals surface area contributed by atoms with Crippen LogP contribution >= 0.6 is 11.3 Å². The number of hydrogen-bond donors (Lipinski definition) is 1. The molecular formula is C11H15NO2S. The molecule has 1 N–H and O–H groups in total. The molecule has 0 bridgehead atoms. The number of thiophene rings is 1. The van der Waals surface area contributed by atoms with Gasteiger partial charge in [0.05, 0.1) is 13.1 Å². The van der Waals surface area contributed by atoms with Crippen molar-refractivity contribution in [3.8, 4) is 0 Å². The van der Waals surface area contributed by atoms with Gasteiger partial charge in [0.25, 0.3) is 0 Å². The minimum absolute atomic E-state index is 0.212. The highest BCUT2D eigenvalue weighted by Gasteiger charge is 2.22. The van der Waals surface area contributed by atoms with Gasteiger partial charge in [0, 0.05) is 30.3 Å². The highest BCUT2D eigenvalue weighted by atomic mass is 32.1. The quantitative estimate of drug-likeness (QED) is 0.739. The lowest BCUT2D eigenvalue weighted by atomic mass is 9.97. The summed E-state index contributed by atoms with van der Waals surface area (Å²) in [4.78, 5) is 12.2. The average Bonchev–Trinajstić information content (AvgIpc) is 2.71. The molecule has 0 unspecified atom stereocenters. The van der Waals surface area contributed by atoms with E-state index in [1.54, 1.807) is 11.3 Å². The monoisotopic (exact) mass is 225 g/mol. The van der Waals surface area contributed by atoms with E-state index in [2.05, 4.69) is 16.8 Å². The summed E-state index contributed by atoms with van der Waals surface area (Å²) < 4.78 is 0. The first-order valence-corrected chi connectivity index (χ1v) is 6.25. The number of nitrogens with one attached hydrogen (secondary N) is 1. The van der Waals surface area contributed by atoms with Crippen LogP contribution in [0.5, 0.6) is 0 Å². The van der Waals surface area contributed by atoms with Gasteiger partial charge < -0.3 is 14.8 Å². The van der Waals surface area contributed by atoms with Crippen molar-refractivity contribution in [1.29, 1.82) is 0 Å². The Bertz CT molecular complexity index is 315. The summed E-state index contributed by atoms with van der Waals surface area (Å²) in [5.41, 5.74) is 1.36. The molecule has 2 rings (SSSR count). The fourth-order valence-electron chi connectivity index (χ4n) is 2.12. The van der Waals surface area contributed by atoms with Crippen LogP contribution in [0.25, 0.3) is 0 Å². The van der Waals surface area contributed by atoms with Gasteiger partial charge in [-0.05, 0) is 16.8 Å². The fourth-order valence-corrected chi connectivity index (χ4v) is 2.79. The lowest BCUT2D eigenvalue weighted by molar-refractivity contribution is -0.919. The van der Waals surface area contributed by atoms with E-state index in [0.717, 1.165) is 32.5 Å². The first-order chi connectivity index (χ1) is 7.25. The Morgan fingerprint density at radius 1 is 1.53 bits per heavy atom. The van der Waals surface area contributed by atoms with Crippen LogP contribution in [0.1, 0.15) is 18.4 Å². The maximum Gasteiger partial charge on any atom is 0.104 e. The Hall–Kier alpha value is -0.870. The molecule has 82 valence electrons. The van der Waals surface area contributed by atoms with E-state index in [9.17, 15) is 9.90 Å². The van der Waals surface area contributed by atoms with E-state index in [1.165, 1.54) is 10.5 Å². The van der Waals surface area contributed by atoms with Crippen molar-refractivity contribution in [2.75, 3.05) is 13.1 Å². The van der Waals surface area contributed by atoms with Gasteiger partial charge in [0.2, 0.25) is 0 Å². The molecule has 1 aliphatic heterocycles. The molecule has 1 fully saturated rings. The van der Waals surface area contributed by atoms with Crippen molar-refractivity contribution in [2.45, 2.75) is 19.4 Å². The number of carboxylic acid groups (broad SMARTS) is 1. The molecule has 0 spiro atoms. The zero-order valence-corrected chi connectivity index (χ0v) is 9.39. The summed E-state index contributed by atoms with van der Waals surface area (Å²) in [6, 6.07) is 2.14. The van der Waals surface area contributed by atoms with Crippen LogP contribution in [-0.4, -0.2) is 19.1 Å². The van der Waals surface area contributed by atoms with Gasteiger partial charge in [-0.15, -0.1) is 0 Å². The molecule has 1 aromatic rings. The topological polar surface area (TPSA) is 44.6 Å². The number of quaternary nitrogens is 1. The van der Waals surface area contributed by atoms with E-state index in [1.807, 2.05) is 0 Å². The Labute approximate surface area is 93.3 Å². The second kappa shape index (κ2) is 4.77. The van der Waals surface area contributed by atoms with Crippen LogP contribution in [0.2, 0.25) is 0 Å². The predicted octanol–water partition coefficient (Wildman–Crippen LogP) is -0.707. The molecule has 0 aliphatic carbocycles. The molecule has 0 amide bonds. The molecule has 1 saturated heterocycles. The van der Waals surface area contributed by atoms with Crippen molar-refractivity contribution in [2.24, 2.45) is 5.92 Å². The smallest absolute Gasteiger partial charge is 0.104 e. The molecule has 0 atom stereocenters. The van der Waals surface area contributed by atoms with Crippen LogP contribution < -0.4 is 10.0 Å². The van der Waals surface area contributed by atoms with Gasteiger partial charge in [-0.1, -0.05) is 0 Å². The van der Waals surface area contributed by atoms with Crippen LogP contribution in [0.4, 0.5) is 0 Å². The number of carbonyl (C=O) groups excluding carboxylic acids is 1. The van der Waals surface area contributed by atoms with Gasteiger partial charge in [0.1, 0.15) is 6.54 Å². The zero-order chi connectivity index (χ0) is 10.7. The van der Waals surface area contributed by atoms with Crippen molar-refractivity contribution in [3.05, 3.63) is 22.4 Å². The average molecular weight is 225 g/mol. The van der Waals surface area contributed by atoms with E-state index in [0.29, 0.717) is 0 Å². The highest BCUT2D eigenvalue weighted by molar-refractivity contribution is 7.07. The Kier molecular flexibility index (Phi) is 3.38. The number of rotatable bonds is 3. The largest absolute Gasteiger partial charge is 0.550 e. The SMILES string of the molecule is O=C([O-])C1CC[NH+](Cc2ccsc2)CC1. The minimum Gasteiger partial charge on any atom is -0.550 e. The molecular weight excluding hydrogens is 210 g/mol. The van der Waals surface area contributed by atoms with Crippen molar-refractivity contribution < 1.29 is 14.8 Å². The number of hydrogen-bond acceptors (Lipinski definition) is 3. The Morgan fingerprint density at radius 2 is 2.27 bits per heavy atom. The number of carbonyl (C=O) groups is 1. The fraction of sp³-hybridized carbons (Fsp3) is 0.545. The molecule has 1 aromatic heterocycles. The molecule has 15 heavy (non-hydrogen) atoms. The van der Waals surface area contributed by atoms with Gasteiger partial charge in [-0.2, -0.15) is 11.3 Å². The van der Waals surface area contributed by atoms with Crippen LogP contribution in [-0.2, 0) is 11.3 Å². The van der Waals surface area contributed by atoms with Gasteiger partial charge >= 0.3 is 0 Å². The minimum atomic E-state index is -0.871. The summed E-state index contributed by atoms with van der Waals surface area (Å²) in [5, 5.41) is 14.9. The molecule has 0 saturated carbocycles. The predicted molar refractivity (Wildman–Crippen MR) is 56.5 cm³/mol. The van der Waals surface area contributed by atoms with E-state index in [-0.39, 0.29) is 5.92 Å². The summed E-state index contributed by atoms with van der Waals surface area (Å²) in [6.07, 6.45) is 1.53. The number of piperidine rings is 1.